The molecule has 2 aromatic carbocycles. The Morgan fingerprint density at radius 3 is 2.89 bits per heavy atom. The largest absolute Gasteiger partial charge is 0.454 e. The summed E-state index contributed by atoms with van der Waals surface area (Å²) in [5.74, 6) is 1.69. The van der Waals surface area contributed by atoms with E-state index in [9.17, 15) is 0 Å². The number of benzene rings is 2. The van der Waals surface area contributed by atoms with E-state index in [-0.39, 0.29) is 6.04 Å². The number of hydrogen-bond donors (Lipinski definition) is 1. The van der Waals surface area contributed by atoms with Crippen molar-refractivity contribution in [2.24, 2.45) is 0 Å². The van der Waals surface area contributed by atoms with E-state index in [1.54, 1.807) is 0 Å². The van der Waals surface area contributed by atoms with Crippen molar-refractivity contribution in [3.05, 3.63) is 59.2 Å². The van der Waals surface area contributed by atoms with E-state index in [1.165, 1.54) is 16.7 Å². The molecule has 0 spiro atoms. The first-order valence-electron chi connectivity index (χ1n) is 6.62. The molecule has 0 bridgehead atoms. The molecule has 0 saturated heterocycles. The lowest BCUT2D eigenvalue weighted by molar-refractivity contribution is 0.174. The van der Waals surface area contributed by atoms with E-state index in [0.717, 1.165) is 24.5 Å². The minimum absolute atomic E-state index is 0.249. The van der Waals surface area contributed by atoms with Gasteiger partial charge >= 0.3 is 0 Å². The fourth-order valence-electron chi connectivity index (χ4n) is 2.89. The molecule has 0 aromatic heterocycles. The maximum Gasteiger partial charge on any atom is 0.231 e. The van der Waals surface area contributed by atoms with E-state index in [4.69, 9.17) is 9.47 Å². The molecule has 2 aliphatic rings. The summed E-state index contributed by atoms with van der Waals surface area (Å²) in [5.41, 5.74) is 4.04. The Labute approximate surface area is 112 Å². The molecule has 0 radical (unpaired) electrons. The highest BCUT2D eigenvalue weighted by Crippen LogP contribution is 2.37. The van der Waals surface area contributed by atoms with Crippen LogP contribution in [-0.4, -0.2) is 13.3 Å². The van der Waals surface area contributed by atoms with Crippen molar-refractivity contribution in [2.45, 2.75) is 12.5 Å². The van der Waals surface area contributed by atoms with Crippen molar-refractivity contribution < 1.29 is 9.47 Å². The van der Waals surface area contributed by atoms with Gasteiger partial charge in [0, 0.05) is 6.54 Å². The second-order valence-electron chi connectivity index (χ2n) is 4.95. The fourth-order valence-corrected chi connectivity index (χ4v) is 2.89. The quantitative estimate of drug-likeness (QED) is 0.847. The topological polar surface area (TPSA) is 30.5 Å². The van der Waals surface area contributed by atoms with Crippen LogP contribution in [0.25, 0.3) is 0 Å². The van der Waals surface area contributed by atoms with Crippen LogP contribution in [-0.2, 0) is 6.42 Å². The maximum atomic E-state index is 5.47. The van der Waals surface area contributed by atoms with Crippen molar-refractivity contribution in [3.63, 3.8) is 0 Å². The second kappa shape index (κ2) is 4.28. The van der Waals surface area contributed by atoms with Gasteiger partial charge in [0.05, 0.1) is 6.04 Å². The SMILES string of the molecule is c1ccc2c(c1)CCNC2c1ccc2c(c1)OCO2. The first kappa shape index (κ1) is 10.9. The zero-order valence-electron chi connectivity index (χ0n) is 10.6. The number of ether oxygens (including phenoxy) is 2. The third-order valence-electron chi connectivity index (χ3n) is 3.84. The minimum Gasteiger partial charge on any atom is -0.454 e. The molecule has 3 heteroatoms. The van der Waals surface area contributed by atoms with Crippen LogP contribution in [0, 0.1) is 0 Å². The lowest BCUT2D eigenvalue weighted by Gasteiger charge is -2.27. The smallest absolute Gasteiger partial charge is 0.231 e. The zero-order chi connectivity index (χ0) is 12.7. The van der Waals surface area contributed by atoms with Crippen molar-refractivity contribution in [2.75, 3.05) is 13.3 Å². The van der Waals surface area contributed by atoms with Crippen LogP contribution < -0.4 is 14.8 Å². The van der Waals surface area contributed by atoms with Crippen LogP contribution in [0.15, 0.2) is 42.5 Å². The van der Waals surface area contributed by atoms with Crippen LogP contribution in [0.4, 0.5) is 0 Å². The summed E-state index contributed by atoms with van der Waals surface area (Å²) in [7, 11) is 0. The maximum absolute atomic E-state index is 5.47. The lowest BCUT2D eigenvalue weighted by atomic mass is 9.90. The van der Waals surface area contributed by atoms with Gasteiger partial charge in [0.1, 0.15) is 0 Å². The van der Waals surface area contributed by atoms with E-state index in [2.05, 4.69) is 41.7 Å². The predicted molar refractivity (Wildman–Crippen MR) is 72.6 cm³/mol. The highest BCUT2D eigenvalue weighted by molar-refractivity contribution is 5.48. The molecule has 1 unspecified atom stereocenters. The van der Waals surface area contributed by atoms with Crippen molar-refractivity contribution >= 4 is 0 Å². The molecular weight excluding hydrogens is 238 g/mol. The van der Waals surface area contributed by atoms with Gasteiger partial charge in [0.2, 0.25) is 6.79 Å². The Morgan fingerprint density at radius 2 is 1.89 bits per heavy atom. The molecule has 2 aliphatic heterocycles. The molecule has 1 N–H and O–H groups in total. The predicted octanol–water partition coefficient (Wildman–Crippen LogP) is 2.65. The third kappa shape index (κ3) is 1.78. The van der Waals surface area contributed by atoms with Gasteiger partial charge < -0.3 is 14.8 Å². The standard InChI is InChI=1S/C16H15NO2/c1-2-4-13-11(3-1)7-8-17-16(13)12-5-6-14-15(9-12)19-10-18-14/h1-6,9,16-17H,7-8,10H2. The first-order valence-corrected chi connectivity index (χ1v) is 6.62. The second-order valence-corrected chi connectivity index (χ2v) is 4.95. The van der Waals surface area contributed by atoms with Crippen LogP contribution in [0.1, 0.15) is 22.7 Å². The van der Waals surface area contributed by atoms with Crippen molar-refractivity contribution in [1.82, 2.24) is 5.32 Å². The Bertz CT molecular complexity index is 624. The van der Waals surface area contributed by atoms with E-state index < -0.39 is 0 Å². The third-order valence-corrected chi connectivity index (χ3v) is 3.84. The van der Waals surface area contributed by atoms with E-state index in [1.807, 2.05) is 6.07 Å². The van der Waals surface area contributed by atoms with Gasteiger partial charge in [-0.1, -0.05) is 30.3 Å². The highest BCUT2D eigenvalue weighted by Gasteiger charge is 2.23. The van der Waals surface area contributed by atoms with Gasteiger partial charge in [-0.05, 0) is 35.2 Å². The first-order chi connectivity index (χ1) is 9.42. The Hall–Kier alpha value is -2.00. The molecule has 2 aromatic rings. The molecular formula is C16H15NO2. The van der Waals surface area contributed by atoms with Gasteiger partial charge in [-0.25, -0.2) is 0 Å². The molecule has 4 rings (SSSR count). The van der Waals surface area contributed by atoms with Crippen molar-refractivity contribution in [1.29, 1.82) is 0 Å². The number of fused-ring (bicyclic) bond motifs is 2. The summed E-state index contributed by atoms with van der Waals surface area (Å²) < 4.78 is 10.8. The van der Waals surface area contributed by atoms with Crippen LogP contribution in [0.5, 0.6) is 11.5 Å². The van der Waals surface area contributed by atoms with Gasteiger partial charge in [0.25, 0.3) is 0 Å². The number of nitrogens with one attached hydrogen (secondary N) is 1. The average molecular weight is 253 g/mol. The van der Waals surface area contributed by atoms with Crippen molar-refractivity contribution in [3.8, 4) is 11.5 Å². The molecule has 3 nitrogen and oxygen atoms in total. The van der Waals surface area contributed by atoms with Gasteiger partial charge in [0.15, 0.2) is 11.5 Å². The fraction of sp³-hybridized carbons (Fsp3) is 0.250. The molecule has 96 valence electrons. The van der Waals surface area contributed by atoms with Crippen LogP contribution in [0.2, 0.25) is 0 Å². The Balaban J connectivity index is 1.77. The summed E-state index contributed by atoms with van der Waals surface area (Å²) >= 11 is 0. The van der Waals surface area contributed by atoms with Crippen LogP contribution in [0.3, 0.4) is 0 Å². The summed E-state index contributed by atoms with van der Waals surface area (Å²) in [6.45, 7) is 1.34. The number of hydrogen-bond acceptors (Lipinski definition) is 3. The van der Waals surface area contributed by atoms with Gasteiger partial charge in [-0.15, -0.1) is 0 Å². The molecule has 0 aliphatic carbocycles. The lowest BCUT2D eigenvalue weighted by Crippen LogP contribution is -2.30. The monoisotopic (exact) mass is 253 g/mol. The zero-order valence-corrected chi connectivity index (χ0v) is 10.6. The molecule has 0 fully saturated rings. The summed E-state index contributed by atoms with van der Waals surface area (Å²) in [4.78, 5) is 0. The number of rotatable bonds is 1. The molecule has 0 saturated carbocycles. The molecule has 0 amide bonds. The highest BCUT2D eigenvalue weighted by atomic mass is 16.7. The average Bonchev–Trinajstić information content (AvgIpc) is 2.94. The normalized spacial score (nSPS) is 20.1. The molecule has 1 atom stereocenters. The van der Waals surface area contributed by atoms with Gasteiger partial charge in [-0.3, -0.25) is 0 Å². The summed E-state index contributed by atoms with van der Waals surface area (Å²) in [5, 5.41) is 3.59. The van der Waals surface area contributed by atoms with E-state index >= 15 is 0 Å². The summed E-state index contributed by atoms with van der Waals surface area (Å²) in [6, 6.07) is 15.1. The van der Waals surface area contributed by atoms with Crippen LogP contribution >= 0.6 is 0 Å². The Morgan fingerprint density at radius 1 is 1.00 bits per heavy atom. The van der Waals surface area contributed by atoms with Gasteiger partial charge in [-0.2, -0.15) is 0 Å². The minimum atomic E-state index is 0.249. The Kier molecular flexibility index (Phi) is 2.45. The molecule has 19 heavy (non-hydrogen) atoms. The summed E-state index contributed by atoms with van der Waals surface area (Å²) in [6.07, 6.45) is 1.09. The molecule has 2 heterocycles. The van der Waals surface area contributed by atoms with E-state index in [0.29, 0.717) is 6.79 Å².